The van der Waals surface area contributed by atoms with Crippen LogP contribution in [0, 0.1) is 17.1 Å². The molecule has 0 atom stereocenters. The highest BCUT2D eigenvalue weighted by Gasteiger charge is 2.16. The summed E-state index contributed by atoms with van der Waals surface area (Å²) in [6, 6.07) is 11.4. The van der Waals surface area contributed by atoms with E-state index in [1.807, 2.05) is 6.07 Å². The summed E-state index contributed by atoms with van der Waals surface area (Å²) in [5.41, 5.74) is 7.95. The second kappa shape index (κ2) is 10.4. The number of pyridine rings is 1. The summed E-state index contributed by atoms with van der Waals surface area (Å²) in [6.07, 6.45) is 2.60. The molecule has 0 saturated carbocycles. The van der Waals surface area contributed by atoms with E-state index in [0.29, 0.717) is 36.3 Å². The number of benzene rings is 1. The minimum absolute atomic E-state index is 0.206. The Morgan fingerprint density at radius 2 is 1.94 bits per heavy atom. The molecule has 166 valence electrons. The van der Waals surface area contributed by atoms with Crippen LogP contribution in [0.4, 0.5) is 16.0 Å². The second-order valence-corrected chi connectivity index (χ2v) is 7.14. The number of nitrogens with two attached hydrogens (primary N) is 1. The number of nitrogens with one attached hydrogen (secondary N) is 1. The lowest BCUT2D eigenvalue weighted by Crippen LogP contribution is -2.26. The first-order chi connectivity index (χ1) is 15.5. The monoisotopic (exact) mass is 435 g/mol. The summed E-state index contributed by atoms with van der Waals surface area (Å²) in [4.78, 5) is 18.9. The number of amides is 1. The van der Waals surface area contributed by atoms with E-state index < -0.39 is 0 Å². The van der Waals surface area contributed by atoms with E-state index in [1.54, 1.807) is 24.4 Å². The third kappa shape index (κ3) is 5.03. The highest BCUT2D eigenvalue weighted by atomic mass is 19.1. The van der Waals surface area contributed by atoms with E-state index in [1.165, 1.54) is 16.8 Å². The zero-order valence-corrected chi connectivity index (χ0v) is 18.2. The quantitative estimate of drug-likeness (QED) is 0.500. The highest BCUT2D eigenvalue weighted by molar-refractivity contribution is 5.94. The van der Waals surface area contributed by atoms with E-state index in [4.69, 9.17) is 5.73 Å². The molecule has 32 heavy (non-hydrogen) atoms. The average Bonchev–Trinajstić information content (AvgIpc) is 3.13. The normalized spacial score (nSPS) is 10.6. The van der Waals surface area contributed by atoms with Gasteiger partial charge in [-0.3, -0.25) is 4.79 Å². The molecule has 0 fully saturated rings. The van der Waals surface area contributed by atoms with E-state index >= 15 is 0 Å². The first kappa shape index (κ1) is 22.7. The van der Waals surface area contributed by atoms with Crippen molar-refractivity contribution < 1.29 is 9.18 Å². The van der Waals surface area contributed by atoms with Gasteiger partial charge in [-0.2, -0.15) is 10.4 Å². The molecule has 0 spiro atoms. The van der Waals surface area contributed by atoms with Gasteiger partial charge < -0.3 is 16.0 Å². The largest absolute Gasteiger partial charge is 0.382 e. The molecule has 0 aliphatic rings. The lowest BCUT2D eigenvalue weighted by atomic mass is 10.1. The molecular weight excluding hydrogens is 409 g/mol. The summed E-state index contributed by atoms with van der Waals surface area (Å²) >= 11 is 0. The first-order valence-electron chi connectivity index (χ1n) is 10.5. The van der Waals surface area contributed by atoms with Crippen molar-refractivity contribution in [2.75, 3.05) is 30.3 Å². The fourth-order valence-corrected chi connectivity index (χ4v) is 3.37. The number of nitriles is 1. The summed E-state index contributed by atoms with van der Waals surface area (Å²) in [5.74, 6) is 0.469. The van der Waals surface area contributed by atoms with E-state index in [0.717, 1.165) is 18.9 Å². The van der Waals surface area contributed by atoms with Crippen LogP contribution in [0.1, 0.15) is 41.9 Å². The molecular formula is C23H26FN7O. The fraction of sp³-hybridized carbons (Fsp3) is 0.304. The second-order valence-electron chi connectivity index (χ2n) is 7.14. The molecule has 8 nitrogen and oxygen atoms in total. The molecule has 0 unspecified atom stereocenters. The summed E-state index contributed by atoms with van der Waals surface area (Å²) < 4.78 is 14.6. The maximum atomic E-state index is 13.2. The van der Waals surface area contributed by atoms with Gasteiger partial charge in [-0.15, -0.1) is 0 Å². The number of halogens is 1. The Hall–Kier alpha value is -3.93. The van der Waals surface area contributed by atoms with Crippen molar-refractivity contribution >= 4 is 17.5 Å². The maximum Gasteiger partial charge on any atom is 0.252 e. The van der Waals surface area contributed by atoms with Crippen LogP contribution in [-0.4, -0.2) is 40.3 Å². The molecule has 0 aliphatic heterocycles. The van der Waals surface area contributed by atoms with Crippen LogP contribution in [-0.2, 0) is 6.42 Å². The Morgan fingerprint density at radius 3 is 2.53 bits per heavy atom. The van der Waals surface area contributed by atoms with Gasteiger partial charge in [0.15, 0.2) is 0 Å². The van der Waals surface area contributed by atoms with Crippen molar-refractivity contribution in [3.8, 4) is 11.8 Å². The number of anilines is 2. The number of hydrogen-bond donors (Lipinski definition) is 2. The lowest BCUT2D eigenvalue weighted by Gasteiger charge is -2.19. The molecule has 2 aromatic heterocycles. The van der Waals surface area contributed by atoms with Crippen molar-refractivity contribution in [2.45, 2.75) is 26.7 Å². The number of hydrogen-bond acceptors (Lipinski definition) is 6. The van der Waals surface area contributed by atoms with Gasteiger partial charge in [0.2, 0.25) is 0 Å². The Labute approximate surface area is 186 Å². The molecule has 0 saturated heterocycles. The predicted molar refractivity (Wildman–Crippen MR) is 121 cm³/mol. The average molecular weight is 436 g/mol. The lowest BCUT2D eigenvalue weighted by molar-refractivity contribution is 0.0953. The third-order valence-corrected chi connectivity index (χ3v) is 5.15. The van der Waals surface area contributed by atoms with Crippen molar-refractivity contribution in [3.05, 3.63) is 65.2 Å². The number of aromatic nitrogens is 3. The molecule has 3 N–H and O–H groups in total. The number of nitrogen functional groups attached to an aromatic ring is 1. The predicted octanol–water partition coefficient (Wildman–Crippen LogP) is 3.07. The number of carbonyl (C=O) groups excluding carboxylic acids is 1. The van der Waals surface area contributed by atoms with Gasteiger partial charge >= 0.3 is 0 Å². The Balaban J connectivity index is 1.58. The minimum atomic E-state index is -0.367. The van der Waals surface area contributed by atoms with Crippen molar-refractivity contribution in [2.24, 2.45) is 0 Å². The molecule has 2 heterocycles. The minimum Gasteiger partial charge on any atom is -0.382 e. The van der Waals surface area contributed by atoms with Gasteiger partial charge in [-0.1, -0.05) is 0 Å². The van der Waals surface area contributed by atoms with Gasteiger partial charge in [0.05, 0.1) is 16.9 Å². The fourth-order valence-electron chi connectivity index (χ4n) is 3.37. The van der Waals surface area contributed by atoms with Crippen LogP contribution in [0.5, 0.6) is 0 Å². The van der Waals surface area contributed by atoms with Crippen LogP contribution < -0.4 is 16.0 Å². The van der Waals surface area contributed by atoms with Crippen LogP contribution in [0.2, 0.25) is 0 Å². The molecule has 0 bridgehead atoms. The molecule has 0 aliphatic carbocycles. The smallest absolute Gasteiger partial charge is 0.252 e. The highest BCUT2D eigenvalue weighted by Crippen LogP contribution is 2.21. The van der Waals surface area contributed by atoms with Crippen LogP contribution in [0.25, 0.3) is 5.69 Å². The van der Waals surface area contributed by atoms with Gasteiger partial charge in [-0.25, -0.2) is 14.1 Å². The molecule has 1 amide bonds. The number of carbonyl (C=O) groups is 1. The Morgan fingerprint density at radius 1 is 1.22 bits per heavy atom. The van der Waals surface area contributed by atoms with E-state index in [9.17, 15) is 14.4 Å². The summed E-state index contributed by atoms with van der Waals surface area (Å²) in [6.45, 7) is 6.22. The SMILES string of the molecule is CCN(CC)c1ccc(C(=O)NCCCc2nn(-c3ccc(F)cc3)c(N)c2C#N)cn1. The molecule has 3 aromatic rings. The molecule has 0 radical (unpaired) electrons. The molecule has 1 aromatic carbocycles. The third-order valence-electron chi connectivity index (χ3n) is 5.15. The molecule has 3 rings (SSSR count). The van der Waals surface area contributed by atoms with Crippen molar-refractivity contribution in [3.63, 3.8) is 0 Å². The van der Waals surface area contributed by atoms with E-state index in [-0.39, 0.29) is 23.1 Å². The Kier molecular flexibility index (Phi) is 7.39. The maximum absolute atomic E-state index is 13.2. The molecule has 9 heteroatoms. The summed E-state index contributed by atoms with van der Waals surface area (Å²) in [7, 11) is 0. The number of aryl methyl sites for hydroxylation is 1. The standard InChI is InChI=1S/C23H26FN7O/c1-3-30(4-2)21-12-7-16(15-28-21)23(32)27-13-5-6-20-19(14-25)22(26)31(29-20)18-10-8-17(24)9-11-18/h7-12,15H,3-6,13,26H2,1-2H3,(H,27,32). The van der Waals surface area contributed by atoms with Crippen LogP contribution in [0.3, 0.4) is 0 Å². The van der Waals surface area contributed by atoms with Gasteiger partial charge in [0.25, 0.3) is 5.91 Å². The van der Waals surface area contributed by atoms with Gasteiger partial charge in [-0.05, 0) is 63.1 Å². The first-order valence-corrected chi connectivity index (χ1v) is 10.5. The van der Waals surface area contributed by atoms with Crippen molar-refractivity contribution in [1.29, 1.82) is 5.26 Å². The van der Waals surface area contributed by atoms with Crippen LogP contribution in [0.15, 0.2) is 42.6 Å². The van der Waals surface area contributed by atoms with Crippen molar-refractivity contribution in [1.82, 2.24) is 20.1 Å². The number of nitrogens with zero attached hydrogens (tertiary/aromatic N) is 5. The zero-order chi connectivity index (χ0) is 23.1. The van der Waals surface area contributed by atoms with Gasteiger partial charge in [0, 0.05) is 25.8 Å². The topological polar surface area (TPSA) is 113 Å². The summed E-state index contributed by atoms with van der Waals surface area (Å²) in [5, 5.41) is 16.7. The van der Waals surface area contributed by atoms with Gasteiger partial charge in [0.1, 0.15) is 29.1 Å². The Bertz CT molecular complexity index is 1100. The number of rotatable bonds is 9. The van der Waals surface area contributed by atoms with Crippen LogP contribution >= 0.6 is 0 Å². The zero-order valence-electron chi connectivity index (χ0n) is 18.2. The van der Waals surface area contributed by atoms with E-state index in [2.05, 4.69) is 40.2 Å².